The zero-order chi connectivity index (χ0) is 56.5. The summed E-state index contributed by atoms with van der Waals surface area (Å²) in [6, 6.07) is 17.1. The smallest absolute Gasteiger partial charge is 0.329 e. The van der Waals surface area contributed by atoms with Crippen LogP contribution in [0, 0.1) is 41.4 Å². The molecular weight excluding hydrogens is 1010 g/mol. The van der Waals surface area contributed by atoms with E-state index in [0.717, 1.165) is 5.57 Å². The van der Waals surface area contributed by atoms with Crippen LogP contribution >= 0.6 is 7.37 Å². The number of hydrogen-bond acceptors (Lipinski definition) is 14. The summed E-state index contributed by atoms with van der Waals surface area (Å²) in [5.41, 5.74) is 1.25. The number of aliphatic hydroxyl groups excluding tert-OH is 1. The van der Waals surface area contributed by atoms with Gasteiger partial charge in [-0.1, -0.05) is 101 Å². The predicted molar refractivity (Wildman–Crippen MR) is 297 cm³/mol. The number of Topliss-reactive ketones (excluding diaryl/α,β-unsaturated/α-hetero) is 3. The number of hydrogen-bond donors (Lipinski definition) is 2. The number of amides is 1. The first kappa shape index (κ1) is 60.9. The van der Waals surface area contributed by atoms with Gasteiger partial charge in [0.25, 0.3) is 19.1 Å². The van der Waals surface area contributed by atoms with Crippen LogP contribution in [-0.2, 0) is 56.7 Å². The predicted octanol–water partition coefficient (Wildman–Crippen LogP) is 8.35. The fourth-order valence-electron chi connectivity index (χ4n) is 12.7. The monoisotopic (exact) mass is 1100 g/mol. The molecular formula is C62H84NO14P. The molecule has 2 aromatic rings. The molecule has 16 heteroatoms. The number of methoxy groups -OCH3 is 3. The molecule has 0 spiro atoms. The molecule has 2 aromatic carbocycles. The lowest BCUT2D eigenvalue weighted by Crippen LogP contribution is -2.65. The number of carbonyl (C=O) groups is 5. The van der Waals surface area contributed by atoms with Gasteiger partial charge in [-0.3, -0.25) is 23.7 Å². The molecule has 78 heavy (non-hydrogen) atoms. The van der Waals surface area contributed by atoms with E-state index >= 15 is 4.57 Å². The Balaban J connectivity index is 1.20. The molecule has 4 heterocycles. The van der Waals surface area contributed by atoms with Crippen molar-refractivity contribution in [3.05, 3.63) is 108 Å². The first-order valence-corrected chi connectivity index (χ1v) is 29.7. The van der Waals surface area contributed by atoms with Crippen LogP contribution in [-0.4, -0.2) is 127 Å². The van der Waals surface area contributed by atoms with Gasteiger partial charge in [0.1, 0.15) is 30.1 Å². The van der Waals surface area contributed by atoms with Crippen molar-refractivity contribution in [2.75, 3.05) is 27.9 Å². The van der Waals surface area contributed by atoms with Crippen molar-refractivity contribution in [2.45, 2.75) is 167 Å². The Kier molecular flexibility index (Phi) is 21.2. The van der Waals surface area contributed by atoms with E-state index in [1.165, 1.54) is 12.0 Å². The Labute approximate surface area is 461 Å². The molecule has 1 aliphatic carbocycles. The van der Waals surface area contributed by atoms with Gasteiger partial charge in [0, 0.05) is 75.0 Å². The van der Waals surface area contributed by atoms with E-state index in [9.17, 15) is 34.2 Å². The zero-order valence-corrected chi connectivity index (χ0v) is 48.0. The topological polar surface area (TPSA) is 202 Å². The van der Waals surface area contributed by atoms with Gasteiger partial charge >= 0.3 is 5.97 Å². The van der Waals surface area contributed by atoms with E-state index in [0.29, 0.717) is 80.4 Å². The molecule has 7 rings (SSSR count). The Hall–Kier alpha value is -4.70. The minimum atomic E-state index is -3.58. The highest BCUT2D eigenvalue weighted by Gasteiger charge is 2.57. The van der Waals surface area contributed by atoms with Crippen LogP contribution in [0.15, 0.2) is 108 Å². The Morgan fingerprint density at radius 2 is 1.45 bits per heavy atom. The minimum absolute atomic E-state index is 0.00414. The van der Waals surface area contributed by atoms with E-state index in [1.54, 1.807) is 41.1 Å². The molecule has 15 nitrogen and oxygen atoms in total. The molecule has 1 amide bonds. The van der Waals surface area contributed by atoms with Crippen molar-refractivity contribution >= 4 is 47.2 Å². The molecule has 4 aliphatic heterocycles. The van der Waals surface area contributed by atoms with E-state index in [4.69, 9.17) is 28.2 Å². The number of piperidine rings is 1. The summed E-state index contributed by atoms with van der Waals surface area (Å²) in [6.07, 6.45) is 10.2. The quantitative estimate of drug-likeness (QED) is 0.105. The standard InChI is InChI=1S/C62H84NO14P/c1-38-20-13-10-14-21-39(2)52(72-7)36-45-29-27-43(6)62(70,76-45)59(67)60(68)63-31-19-26-48-49(53(75-61(69)55(48)63)37-50(64)40(3)33-42(5)57(66)58(74-9)56(65)41(4)32-38)34-44-28-30-51(54(35-44)73-8)77-78(71,46-22-15-11-16-23-46)47-24-17-12-18-25-47/h10-18,20-25,33,38,40-41,43-45,48-49,51-55,57-58,66,70H,19,26-32,34-37H2,1-9H3/b14-10+,20-13+,39-21+,42-33+/t38?,40?,41?,43?,44?,45-,48?,49-,51+,52-,53?,54?,55?,57?,58-,62?/m0/s1. The lowest BCUT2D eigenvalue weighted by Gasteiger charge is -2.50. The van der Waals surface area contributed by atoms with Crippen LogP contribution in [0.2, 0.25) is 0 Å². The summed E-state index contributed by atoms with van der Waals surface area (Å²) in [4.78, 5) is 73.5. The van der Waals surface area contributed by atoms with Crippen molar-refractivity contribution < 1.29 is 67.0 Å². The fraction of sp³-hybridized carbons (Fsp3) is 0.597. The lowest BCUT2D eigenvalue weighted by molar-refractivity contribution is -0.266. The van der Waals surface area contributed by atoms with E-state index in [-0.39, 0.29) is 36.4 Å². The minimum Gasteiger partial charge on any atom is -0.460 e. The van der Waals surface area contributed by atoms with Gasteiger partial charge in [-0.05, 0) is 125 Å². The van der Waals surface area contributed by atoms with Gasteiger partial charge in [-0.25, -0.2) is 4.79 Å². The van der Waals surface area contributed by atoms with Gasteiger partial charge < -0.3 is 43.3 Å². The summed E-state index contributed by atoms with van der Waals surface area (Å²) in [6.45, 7) is 10.8. The number of allylic oxidation sites excluding steroid dienone is 6. The summed E-state index contributed by atoms with van der Waals surface area (Å²) < 4.78 is 52.1. The Morgan fingerprint density at radius 1 is 0.769 bits per heavy atom. The van der Waals surface area contributed by atoms with Crippen LogP contribution in [0.3, 0.4) is 0 Å². The van der Waals surface area contributed by atoms with Crippen LogP contribution in [0.1, 0.15) is 112 Å². The second-order valence-electron chi connectivity index (χ2n) is 22.8. The normalized spacial score (nSPS) is 37.7. The molecule has 3 saturated heterocycles. The SMILES string of the molecule is COC1CC(C[C@@H]2C3CC(=O)C(C)/C=C(\C)C(O)[C@@H](OC)C(=O)C(C)CC(C)/C=C/C=C/C=C(\C)[C@@H](OC)C[C@@H]4CCC(C)C(O)(O4)C(=O)C(=O)N4CCCC2C4C(=O)O3)CC[C@H]1OP(=O)(c1ccccc1)c1ccccc1. The number of nitrogens with zero attached hydrogens (tertiary/aromatic N) is 1. The average molecular weight is 1100 g/mol. The maximum atomic E-state index is 15.1. The molecule has 0 aromatic heterocycles. The Morgan fingerprint density at radius 3 is 2.09 bits per heavy atom. The molecule has 6 bridgehead atoms. The van der Waals surface area contributed by atoms with Crippen LogP contribution in [0.4, 0.5) is 0 Å². The third-order valence-corrected chi connectivity index (χ3v) is 19.9. The summed E-state index contributed by atoms with van der Waals surface area (Å²) in [5.74, 6) is -8.93. The van der Waals surface area contributed by atoms with Gasteiger partial charge in [0.15, 0.2) is 5.78 Å². The molecule has 1 saturated carbocycles. The zero-order valence-electron chi connectivity index (χ0n) is 47.1. The second kappa shape index (κ2) is 27.2. The third kappa shape index (κ3) is 13.9. The van der Waals surface area contributed by atoms with Gasteiger partial charge in [0.2, 0.25) is 5.79 Å². The lowest BCUT2D eigenvalue weighted by atomic mass is 9.68. The van der Waals surface area contributed by atoms with Crippen molar-refractivity contribution in [3.63, 3.8) is 0 Å². The number of aliphatic hydroxyl groups is 2. The highest BCUT2D eigenvalue weighted by atomic mass is 31.2. The number of rotatable bonds is 9. The third-order valence-electron chi connectivity index (χ3n) is 17.4. The average Bonchev–Trinajstić information content (AvgIpc) is 3.44. The molecule has 426 valence electrons. The van der Waals surface area contributed by atoms with Crippen molar-refractivity contribution in [3.8, 4) is 0 Å². The van der Waals surface area contributed by atoms with Crippen LogP contribution in [0.5, 0.6) is 0 Å². The molecule has 2 N–H and O–H groups in total. The highest BCUT2D eigenvalue weighted by Crippen LogP contribution is 2.50. The number of benzene rings is 2. The molecule has 0 radical (unpaired) electrons. The summed E-state index contributed by atoms with van der Waals surface area (Å²) >= 11 is 0. The summed E-state index contributed by atoms with van der Waals surface area (Å²) in [7, 11) is 0.987. The maximum Gasteiger partial charge on any atom is 0.329 e. The number of ketones is 3. The number of fused-ring (bicyclic) bond motifs is 3. The van der Waals surface area contributed by atoms with Gasteiger partial charge in [-0.2, -0.15) is 0 Å². The van der Waals surface area contributed by atoms with Crippen LogP contribution < -0.4 is 10.6 Å². The van der Waals surface area contributed by atoms with Crippen molar-refractivity contribution in [1.82, 2.24) is 4.90 Å². The van der Waals surface area contributed by atoms with E-state index in [1.807, 2.05) is 112 Å². The van der Waals surface area contributed by atoms with Crippen molar-refractivity contribution in [1.29, 1.82) is 0 Å². The molecule has 11 unspecified atom stereocenters. The molecule has 5 aliphatic rings. The van der Waals surface area contributed by atoms with Crippen LogP contribution in [0.25, 0.3) is 0 Å². The second-order valence-corrected chi connectivity index (χ2v) is 25.2. The highest BCUT2D eigenvalue weighted by molar-refractivity contribution is 7.74. The van der Waals surface area contributed by atoms with Crippen molar-refractivity contribution in [2.24, 2.45) is 41.4 Å². The Bertz CT molecular complexity index is 2540. The molecule has 4 fully saturated rings. The maximum absolute atomic E-state index is 15.1. The molecule has 16 atom stereocenters. The first-order chi connectivity index (χ1) is 37.2. The van der Waals surface area contributed by atoms with Gasteiger partial charge in [0.05, 0.1) is 24.4 Å². The largest absolute Gasteiger partial charge is 0.460 e. The first-order valence-electron chi connectivity index (χ1n) is 28.1. The van der Waals surface area contributed by atoms with E-state index in [2.05, 4.69) is 0 Å². The van der Waals surface area contributed by atoms with Gasteiger partial charge in [-0.15, -0.1) is 0 Å². The number of ether oxygens (including phenoxy) is 5. The number of esters is 1. The summed E-state index contributed by atoms with van der Waals surface area (Å²) in [5, 5.41) is 24.9. The number of carbonyl (C=O) groups excluding carboxylic acids is 5. The fourth-order valence-corrected chi connectivity index (χ4v) is 15.0. The van der Waals surface area contributed by atoms with E-state index < -0.39 is 109 Å².